The van der Waals surface area contributed by atoms with Gasteiger partial charge in [0, 0.05) is 6.42 Å². The van der Waals surface area contributed by atoms with Gasteiger partial charge in [-0.3, -0.25) is 14.4 Å². The number of carbonyl (C=O) groups excluding carboxylic acids is 2. The van der Waals surface area contributed by atoms with E-state index in [0.29, 0.717) is 0 Å². The predicted octanol–water partition coefficient (Wildman–Crippen LogP) is -2.76. The second kappa shape index (κ2) is 8.87. The summed E-state index contributed by atoms with van der Waals surface area (Å²) in [5.41, 5.74) is 5.32. The molecule has 0 aromatic rings. The van der Waals surface area contributed by atoms with Crippen molar-refractivity contribution in [1.82, 2.24) is 10.6 Å². The van der Waals surface area contributed by atoms with Gasteiger partial charge in [0.15, 0.2) is 0 Å². The van der Waals surface area contributed by atoms with Gasteiger partial charge in [-0.05, 0) is 13.3 Å². The molecule has 21 heavy (non-hydrogen) atoms. The van der Waals surface area contributed by atoms with Crippen molar-refractivity contribution in [2.24, 2.45) is 5.73 Å². The van der Waals surface area contributed by atoms with E-state index in [4.69, 9.17) is 21.1 Å². The molecule has 120 valence electrons. The van der Waals surface area contributed by atoms with Crippen molar-refractivity contribution in [2.45, 2.75) is 37.9 Å². The highest BCUT2D eigenvalue weighted by molar-refractivity contribution is 5.91. The van der Waals surface area contributed by atoms with Gasteiger partial charge >= 0.3 is 11.9 Å². The van der Waals surface area contributed by atoms with Crippen molar-refractivity contribution in [1.29, 1.82) is 0 Å². The SMILES string of the molecule is CC(N)C(=O)NC(CCC(=O)O)C(=O)NC(CO)C(=O)O. The number of hydrogen-bond acceptors (Lipinski definition) is 6. The van der Waals surface area contributed by atoms with Crippen molar-refractivity contribution in [3.05, 3.63) is 0 Å². The summed E-state index contributed by atoms with van der Waals surface area (Å²) in [5, 5.41) is 30.4. The topological polar surface area (TPSA) is 179 Å². The number of hydrogen-bond donors (Lipinski definition) is 6. The maximum absolute atomic E-state index is 11.9. The molecule has 0 aromatic carbocycles. The normalized spacial score (nSPS) is 14.6. The molecule has 3 atom stereocenters. The van der Waals surface area contributed by atoms with Crippen LogP contribution in [0.3, 0.4) is 0 Å². The Balaban J connectivity index is 4.83. The number of carboxylic acids is 2. The molecule has 10 heteroatoms. The summed E-state index contributed by atoms with van der Waals surface area (Å²) >= 11 is 0. The summed E-state index contributed by atoms with van der Waals surface area (Å²) in [7, 11) is 0. The fourth-order valence-corrected chi connectivity index (χ4v) is 1.30. The number of amides is 2. The van der Waals surface area contributed by atoms with Crippen LogP contribution in [0.25, 0.3) is 0 Å². The first kappa shape index (κ1) is 18.8. The van der Waals surface area contributed by atoms with Gasteiger partial charge in [-0.25, -0.2) is 4.79 Å². The first-order chi connectivity index (χ1) is 9.68. The maximum Gasteiger partial charge on any atom is 0.328 e. The van der Waals surface area contributed by atoms with Crippen LogP contribution in [-0.2, 0) is 19.2 Å². The van der Waals surface area contributed by atoms with E-state index in [0.717, 1.165) is 0 Å². The lowest BCUT2D eigenvalue weighted by atomic mass is 10.1. The van der Waals surface area contributed by atoms with E-state index in [9.17, 15) is 19.2 Å². The van der Waals surface area contributed by atoms with E-state index in [-0.39, 0.29) is 6.42 Å². The van der Waals surface area contributed by atoms with Gasteiger partial charge in [0.1, 0.15) is 12.1 Å². The van der Waals surface area contributed by atoms with Crippen LogP contribution in [0.15, 0.2) is 0 Å². The summed E-state index contributed by atoms with van der Waals surface area (Å²) in [5.74, 6) is -4.23. The van der Waals surface area contributed by atoms with E-state index in [1.807, 2.05) is 5.32 Å². The van der Waals surface area contributed by atoms with Crippen LogP contribution >= 0.6 is 0 Å². The van der Waals surface area contributed by atoms with E-state index >= 15 is 0 Å². The second-order valence-electron chi connectivity index (χ2n) is 4.36. The quantitative estimate of drug-likeness (QED) is 0.265. The molecule has 0 bridgehead atoms. The molecule has 0 radical (unpaired) electrons. The monoisotopic (exact) mass is 305 g/mol. The number of rotatable bonds is 9. The predicted molar refractivity (Wildman–Crippen MR) is 69.1 cm³/mol. The van der Waals surface area contributed by atoms with E-state index in [1.165, 1.54) is 6.92 Å². The summed E-state index contributed by atoms with van der Waals surface area (Å²) in [6, 6.07) is -3.72. The van der Waals surface area contributed by atoms with E-state index in [2.05, 4.69) is 5.32 Å². The lowest BCUT2D eigenvalue weighted by molar-refractivity contribution is -0.144. The fraction of sp³-hybridized carbons (Fsp3) is 0.636. The number of aliphatic hydroxyl groups excluding tert-OH is 1. The van der Waals surface area contributed by atoms with Crippen LogP contribution in [0.2, 0.25) is 0 Å². The molecule has 3 unspecified atom stereocenters. The number of carboxylic acid groups (broad SMARTS) is 2. The zero-order chi connectivity index (χ0) is 16.6. The number of nitrogens with two attached hydrogens (primary N) is 1. The molecule has 0 saturated carbocycles. The van der Waals surface area contributed by atoms with Crippen LogP contribution in [0.1, 0.15) is 19.8 Å². The standard InChI is InChI=1S/C11H19N3O7/c1-5(12)9(18)13-6(2-3-8(16)17)10(19)14-7(4-15)11(20)21/h5-7,15H,2-4,12H2,1H3,(H,13,18)(H,14,19)(H,16,17)(H,20,21). The smallest absolute Gasteiger partial charge is 0.328 e. The van der Waals surface area contributed by atoms with Crippen molar-refractivity contribution >= 4 is 23.8 Å². The summed E-state index contributed by atoms with van der Waals surface area (Å²) in [4.78, 5) is 44.6. The van der Waals surface area contributed by atoms with Gasteiger partial charge in [0.05, 0.1) is 12.6 Å². The maximum atomic E-state index is 11.9. The van der Waals surface area contributed by atoms with Gasteiger partial charge in [0.25, 0.3) is 0 Å². The fourth-order valence-electron chi connectivity index (χ4n) is 1.30. The molecule has 0 fully saturated rings. The Kier molecular flexibility index (Phi) is 7.94. The molecule has 0 rings (SSSR count). The zero-order valence-corrected chi connectivity index (χ0v) is 11.4. The molecule has 0 heterocycles. The molecule has 2 amide bonds. The summed E-state index contributed by atoms with van der Waals surface area (Å²) in [6.45, 7) is 0.531. The number of aliphatic hydroxyl groups is 1. The third kappa shape index (κ3) is 7.22. The molecular weight excluding hydrogens is 286 g/mol. The number of carbonyl (C=O) groups is 4. The van der Waals surface area contributed by atoms with E-state index in [1.54, 1.807) is 0 Å². The largest absolute Gasteiger partial charge is 0.481 e. The molecule has 7 N–H and O–H groups in total. The van der Waals surface area contributed by atoms with E-state index < -0.39 is 54.9 Å². The molecule has 10 nitrogen and oxygen atoms in total. The summed E-state index contributed by atoms with van der Waals surface area (Å²) in [6.07, 6.45) is -0.647. The van der Waals surface area contributed by atoms with Gasteiger partial charge in [-0.1, -0.05) is 0 Å². The Morgan fingerprint density at radius 2 is 1.57 bits per heavy atom. The lowest BCUT2D eigenvalue weighted by Gasteiger charge is -2.21. The highest BCUT2D eigenvalue weighted by Gasteiger charge is 2.27. The van der Waals surface area contributed by atoms with Crippen molar-refractivity contribution in [3.8, 4) is 0 Å². The van der Waals surface area contributed by atoms with Crippen LogP contribution < -0.4 is 16.4 Å². The number of aliphatic carboxylic acids is 2. The Morgan fingerprint density at radius 3 is 1.95 bits per heavy atom. The first-order valence-electron chi connectivity index (χ1n) is 6.10. The third-order valence-corrected chi connectivity index (χ3v) is 2.49. The molecule has 0 aliphatic rings. The van der Waals surface area contributed by atoms with Crippen LogP contribution in [0.5, 0.6) is 0 Å². The average molecular weight is 305 g/mol. The van der Waals surface area contributed by atoms with Crippen molar-refractivity contribution in [2.75, 3.05) is 6.61 Å². The number of nitrogens with one attached hydrogen (secondary N) is 2. The first-order valence-corrected chi connectivity index (χ1v) is 6.10. The van der Waals surface area contributed by atoms with Gasteiger partial charge < -0.3 is 31.7 Å². The lowest BCUT2D eigenvalue weighted by Crippen LogP contribution is -2.54. The molecular formula is C11H19N3O7. The third-order valence-electron chi connectivity index (χ3n) is 2.49. The van der Waals surface area contributed by atoms with Crippen LogP contribution in [-0.4, -0.2) is 63.8 Å². The van der Waals surface area contributed by atoms with Crippen LogP contribution in [0, 0.1) is 0 Å². The Morgan fingerprint density at radius 1 is 1.05 bits per heavy atom. The minimum absolute atomic E-state index is 0.239. The second-order valence-corrected chi connectivity index (χ2v) is 4.36. The summed E-state index contributed by atoms with van der Waals surface area (Å²) < 4.78 is 0. The Bertz CT molecular complexity index is 411. The Hall–Kier alpha value is -2.20. The average Bonchev–Trinajstić information content (AvgIpc) is 2.39. The van der Waals surface area contributed by atoms with Crippen LogP contribution in [0.4, 0.5) is 0 Å². The van der Waals surface area contributed by atoms with Crippen molar-refractivity contribution < 1.29 is 34.5 Å². The molecule has 0 aliphatic carbocycles. The zero-order valence-electron chi connectivity index (χ0n) is 11.4. The minimum atomic E-state index is -1.54. The Labute approximate surface area is 120 Å². The highest BCUT2D eigenvalue weighted by atomic mass is 16.4. The molecule has 0 spiro atoms. The molecule has 0 aliphatic heterocycles. The molecule has 0 aromatic heterocycles. The van der Waals surface area contributed by atoms with Crippen molar-refractivity contribution in [3.63, 3.8) is 0 Å². The minimum Gasteiger partial charge on any atom is -0.481 e. The van der Waals surface area contributed by atoms with Gasteiger partial charge in [-0.2, -0.15) is 0 Å². The highest BCUT2D eigenvalue weighted by Crippen LogP contribution is 2.00. The molecule has 0 saturated heterocycles. The van der Waals surface area contributed by atoms with Gasteiger partial charge in [0.2, 0.25) is 11.8 Å². The van der Waals surface area contributed by atoms with Gasteiger partial charge in [-0.15, -0.1) is 0 Å².